The molecule has 7 nitrogen and oxygen atoms in total. The summed E-state index contributed by atoms with van der Waals surface area (Å²) < 4.78 is 1.97. The number of carbonyl (C=O) groups is 1. The van der Waals surface area contributed by atoms with Gasteiger partial charge < -0.3 is 14.9 Å². The van der Waals surface area contributed by atoms with Gasteiger partial charge in [-0.25, -0.2) is 0 Å². The van der Waals surface area contributed by atoms with E-state index in [1.165, 1.54) is 11.3 Å². The first-order valence-corrected chi connectivity index (χ1v) is 13.5. The van der Waals surface area contributed by atoms with Gasteiger partial charge in [0.2, 0.25) is 5.91 Å². The van der Waals surface area contributed by atoms with Crippen LogP contribution in [-0.4, -0.2) is 75.5 Å². The Morgan fingerprint density at radius 3 is 2.49 bits per heavy atom. The molecule has 1 N–H and O–H groups in total. The molecule has 2 unspecified atom stereocenters. The Labute approximate surface area is 224 Å². The lowest BCUT2D eigenvalue weighted by Gasteiger charge is -2.42. The molecule has 0 bridgehead atoms. The van der Waals surface area contributed by atoms with Crippen LogP contribution < -0.4 is 4.90 Å². The number of amides is 1. The van der Waals surface area contributed by atoms with Gasteiger partial charge in [-0.1, -0.05) is 41.4 Å². The molecule has 0 saturated carbocycles. The number of carbonyl (C=O) groups excluding carboxylic acids is 1. The van der Waals surface area contributed by atoms with E-state index >= 15 is 0 Å². The number of aromatic nitrogens is 2. The number of benzene rings is 2. The molecule has 196 valence electrons. The van der Waals surface area contributed by atoms with Gasteiger partial charge in [0.25, 0.3) is 0 Å². The Bertz CT molecular complexity index is 1240. The summed E-state index contributed by atoms with van der Waals surface area (Å²) in [6, 6.07) is 16.7. The highest BCUT2D eigenvalue weighted by molar-refractivity contribution is 6.30. The van der Waals surface area contributed by atoms with E-state index in [1.807, 2.05) is 33.8 Å². The number of aliphatic hydroxyl groups excluding tert-OH is 1. The number of hydrogen-bond donors (Lipinski definition) is 1. The third-order valence-corrected chi connectivity index (χ3v) is 7.88. The summed E-state index contributed by atoms with van der Waals surface area (Å²) in [6.45, 7) is 11.0. The number of halogens is 1. The molecule has 0 aliphatic carbocycles. The van der Waals surface area contributed by atoms with E-state index in [9.17, 15) is 9.90 Å². The first-order chi connectivity index (χ1) is 17.8. The lowest BCUT2D eigenvalue weighted by Crippen LogP contribution is -2.53. The molecule has 0 radical (unpaired) electrons. The van der Waals surface area contributed by atoms with E-state index in [-0.39, 0.29) is 5.91 Å². The van der Waals surface area contributed by atoms with E-state index in [0.717, 1.165) is 48.6 Å². The first-order valence-electron chi connectivity index (χ1n) is 13.1. The predicted molar refractivity (Wildman–Crippen MR) is 148 cm³/mol. The smallest absolute Gasteiger partial charge is 0.219 e. The van der Waals surface area contributed by atoms with E-state index in [0.29, 0.717) is 37.2 Å². The molecule has 0 spiro atoms. The van der Waals surface area contributed by atoms with Crippen LogP contribution in [0.15, 0.2) is 48.5 Å². The number of hydrogen-bond acceptors (Lipinski definition) is 5. The van der Waals surface area contributed by atoms with Crippen molar-refractivity contribution in [1.82, 2.24) is 19.6 Å². The molecule has 1 aromatic heterocycles. The second kappa shape index (κ2) is 10.9. The molecule has 3 heterocycles. The first kappa shape index (κ1) is 25.8. The van der Waals surface area contributed by atoms with Crippen molar-refractivity contribution in [1.29, 1.82) is 0 Å². The highest BCUT2D eigenvalue weighted by atomic mass is 35.5. The number of β-amino-alcohol motifs (C(OH)–C–C–N with tert-alkyl or cyclic N) is 1. The molecule has 1 saturated heterocycles. The fraction of sp³-hybridized carbons (Fsp3) is 0.448. The quantitative estimate of drug-likeness (QED) is 0.531. The standard InChI is InChI=1S/C29H36ClN5O2/c1-20-4-10-25(11-5-20)34-15-14-32(16-21(34)2)17-26(37)18-35-28-12-13-33(22(3)36)19-27(28)29(31-35)23-6-8-24(30)9-7-23/h4-11,21,26,37H,12-19H2,1-3H3. The van der Waals surface area contributed by atoms with Gasteiger partial charge in [0.15, 0.2) is 0 Å². The zero-order valence-electron chi connectivity index (χ0n) is 21.9. The van der Waals surface area contributed by atoms with Gasteiger partial charge in [-0.3, -0.25) is 14.4 Å². The summed E-state index contributed by atoms with van der Waals surface area (Å²) in [5, 5.41) is 16.7. The molecule has 5 rings (SSSR count). The molecule has 2 aromatic carbocycles. The van der Waals surface area contributed by atoms with Crippen LogP contribution in [0.4, 0.5) is 5.69 Å². The minimum Gasteiger partial charge on any atom is -0.390 e. The van der Waals surface area contributed by atoms with Gasteiger partial charge in [0.05, 0.1) is 18.3 Å². The Balaban J connectivity index is 1.28. The maximum Gasteiger partial charge on any atom is 0.219 e. The van der Waals surface area contributed by atoms with Crippen molar-refractivity contribution in [2.75, 3.05) is 37.6 Å². The Kier molecular flexibility index (Phi) is 7.56. The van der Waals surface area contributed by atoms with Crippen LogP contribution >= 0.6 is 11.6 Å². The summed E-state index contributed by atoms with van der Waals surface area (Å²) in [5.41, 5.74) is 6.55. The van der Waals surface area contributed by atoms with Crippen molar-refractivity contribution in [2.24, 2.45) is 0 Å². The normalized spacial score (nSPS) is 19.1. The highest BCUT2D eigenvalue weighted by Crippen LogP contribution is 2.31. The molecular weight excluding hydrogens is 486 g/mol. The van der Waals surface area contributed by atoms with Gasteiger partial charge in [-0.05, 0) is 38.1 Å². The van der Waals surface area contributed by atoms with E-state index in [2.05, 4.69) is 47.9 Å². The van der Waals surface area contributed by atoms with Crippen molar-refractivity contribution in [3.8, 4) is 11.3 Å². The van der Waals surface area contributed by atoms with Crippen LogP contribution in [0.1, 0.15) is 30.7 Å². The lowest BCUT2D eigenvalue weighted by atomic mass is 10.0. The number of anilines is 1. The highest BCUT2D eigenvalue weighted by Gasteiger charge is 2.29. The maximum atomic E-state index is 12.1. The second-order valence-electron chi connectivity index (χ2n) is 10.4. The molecule has 1 fully saturated rings. The molecule has 2 aliphatic heterocycles. The van der Waals surface area contributed by atoms with Gasteiger partial charge >= 0.3 is 0 Å². The predicted octanol–water partition coefficient (Wildman–Crippen LogP) is 3.99. The average molecular weight is 522 g/mol. The third kappa shape index (κ3) is 5.69. The maximum absolute atomic E-state index is 12.1. The number of nitrogens with zero attached hydrogens (tertiary/aromatic N) is 5. The van der Waals surface area contributed by atoms with Crippen LogP contribution in [0, 0.1) is 6.92 Å². The van der Waals surface area contributed by atoms with Crippen LogP contribution in [0.25, 0.3) is 11.3 Å². The Morgan fingerprint density at radius 2 is 1.81 bits per heavy atom. The van der Waals surface area contributed by atoms with Crippen molar-refractivity contribution in [3.63, 3.8) is 0 Å². The fourth-order valence-electron chi connectivity index (χ4n) is 5.62. The fourth-order valence-corrected chi connectivity index (χ4v) is 5.75. The van der Waals surface area contributed by atoms with Crippen LogP contribution in [-0.2, 0) is 24.3 Å². The Morgan fingerprint density at radius 1 is 1.08 bits per heavy atom. The largest absolute Gasteiger partial charge is 0.390 e. The zero-order chi connectivity index (χ0) is 26.1. The Hall–Kier alpha value is -2.87. The SMILES string of the molecule is CC(=O)N1CCc2c(c(-c3ccc(Cl)cc3)nn2CC(O)CN2CCN(c3ccc(C)cc3)C(C)C2)C1. The lowest BCUT2D eigenvalue weighted by molar-refractivity contribution is -0.129. The van der Waals surface area contributed by atoms with Crippen LogP contribution in [0.3, 0.4) is 0 Å². The number of piperazine rings is 1. The van der Waals surface area contributed by atoms with Crippen molar-refractivity contribution in [2.45, 2.75) is 52.4 Å². The van der Waals surface area contributed by atoms with Crippen LogP contribution in [0.5, 0.6) is 0 Å². The van der Waals surface area contributed by atoms with Crippen molar-refractivity contribution >= 4 is 23.2 Å². The molecular formula is C29H36ClN5O2. The number of fused-ring (bicyclic) bond motifs is 1. The van der Waals surface area contributed by atoms with Gasteiger partial charge in [0, 0.05) is 86.2 Å². The molecule has 8 heteroatoms. The van der Waals surface area contributed by atoms with Gasteiger partial charge in [-0.15, -0.1) is 0 Å². The summed E-state index contributed by atoms with van der Waals surface area (Å²) >= 11 is 6.11. The summed E-state index contributed by atoms with van der Waals surface area (Å²) in [5.74, 6) is 0.0689. The number of aryl methyl sites for hydroxylation is 1. The summed E-state index contributed by atoms with van der Waals surface area (Å²) in [4.78, 5) is 18.8. The van der Waals surface area contributed by atoms with Crippen molar-refractivity contribution in [3.05, 3.63) is 70.4 Å². The average Bonchev–Trinajstić information content (AvgIpc) is 3.22. The van der Waals surface area contributed by atoms with E-state index in [1.54, 1.807) is 6.92 Å². The topological polar surface area (TPSA) is 64.8 Å². The number of aliphatic hydroxyl groups is 1. The number of rotatable bonds is 6. The van der Waals surface area contributed by atoms with E-state index < -0.39 is 6.10 Å². The summed E-state index contributed by atoms with van der Waals surface area (Å²) in [7, 11) is 0. The van der Waals surface area contributed by atoms with E-state index in [4.69, 9.17) is 16.7 Å². The van der Waals surface area contributed by atoms with Gasteiger partial charge in [0.1, 0.15) is 0 Å². The second-order valence-corrected chi connectivity index (χ2v) is 10.9. The minimum atomic E-state index is -0.536. The zero-order valence-corrected chi connectivity index (χ0v) is 22.7. The summed E-state index contributed by atoms with van der Waals surface area (Å²) in [6.07, 6.45) is 0.195. The molecule has 3 aromatic rings. The molecule has 2 aliphatic rings. The monoisotopic (exact) mass is 521 g/mol. The van der Waals surface area contributed by atoms with Crippen LogP contribution in [0.2, 0.25) is 5.02 Å². The third-order valence-electron chi connectivity index (χ3n) is 7.63. The van der Waals surface area contributed by atoms with Gasteiger partial charge in [-0.2, -0.15) is 5.10 Å². The minimum absolute atomic E-state index is 0.0689. The molecule has 37 heavy (non-hydrogen) atoms. The van der Waals surface area contributed by atoms with Crippen molar-refractivity contribution < 1.29 is 9.90 Å². The molecule has 1 amide bonds. The molecule has 2 atom stereocenters.